The van der Waals surface area contributed by atoms with E-state index in [9.17, 15) is 4.79 Å². The van der Waals surface area contributed by atoms with Crippen LogP contribution < -0.4 is 14.9 Å². The minimum Gasteiger partial charge on any atom is -0.490 e. The van der Waals surface area contributed by atoms with Crippen molar-refractivity contribution < 1.29 is 14.3 Å². The van der Waals surface area contributed by atoms with Gasteiger partial charge in [0.15, 0.2) is 11.5 Å². The van der Waals surface area contributed by atoms with E-state index in [1.165, 1.54) is 6.21 Å². The van der Waals surface area contributed by atoms with Crippen LogP contribution in [0.1, 0.15) is 28.4 Å². The molecule has 0 spiro atoms. The van der Waals surface area contributed by atoms with Crippen molar-refractivity contribution in [3.8, 4) is 11.5 Å². The average molecular weight is 601 g/mol. The monoisotopic (exact) mass is 598 g/mol. The van der Waals surface area contributed by atoms with Crippen LogP contribution in [0, 0.1) is 0 Å². The summed E-state index contributed by atoms with van der Waals surface area (Å²) in [6.07, 6.45) is 1.53. The zero-order valence-electron chi connectivity index (χ0n) is 16.9. The van der Waals surface area contributed by atoms with Gasteiger partial charge in [-0.15, -0.1) is 0 Å². The first-order valence-corrected chi connectivity index (χ1v) is 11.8. The van der Waals surface area contributed by atoms with E-state index in [0.717, 1.165) is 10.0 Å². The largest absolute Gasteiger partial charge is 0.490 e. The van der Waals surface area contributed by atoms with E-state index in [2.05, 4.69) is 42.4 Å². The Hall–Kier alpha value is -2.06. The van der Waals surface area contributed by atoms with Crippen LogP contribution in [-0.4, -0.2) is 18.7 Å². The normalized spacial score (nSPS) is 10.9. The second-order valence-corrected chi connectivity index (χ2v) is 9.11. The Morgan fingerprint density at radius 1 is 1.06 bits per heavy atom. The molecule has 0 aliphatic carbocycles. The molecule has 32 heavy (non-hydrogen) atoms. The van der Waals surface area contributed by atoms with Crippen LogP contribution in [0.15, 0.2) is 68.6 Å². The lowest BCUT2D eigenvalue weighted by Gasteiger charge is -2.15. The predicted molar refractivity (Wildman–Crippen MR) is 135 cm³/mol. The average Bonchev–Trinajstić information content (AvgIpc) is 2.75. The number of nitrogens with one attached hydrogen (secondary N) is 1. The highest BCUT2D eigenvalue weighted by atomic mass is 79.9. The summed E-state index contributed by atoms with van der Waals surface area (Å²) >= 11 is 19.1. The Kier molecular flexibility index (Phi) is 8.99. The highest BCUT2D eigenvalue weighted by Crippen LogP contribution is 2.37. The van der Waals surface area contributed by atoms with Gasteiger partial charge in [-0.2, -0.15) is 5.10 Å². The molecule has 166 valence electrons. The number of rotatable bonds is 8. The Balaban J connectivity index is 1.73. The molecule has 5 nitrogen and oxygen atoms in total. The van der Waals surface area contributed by atoms with Gasteiger partial charge in [-0.3, -0.25) is 4.79 Å². The highest BCUT2D eigenvalue weighted by Gasteiger charge is 2.13. The molecule has 3 rings (SSSR count). The smallest absolute Gasteiger partial charge is 0.271 e. The number of amides is 1. The molecule has 0 aliphatic rings. The van der Waals surface area contributed by atoms with E-state index in [4.69, 9.17) is 32.7 Å². The maximum Gasteiger partial charge on any atom is 0.271 e. The van der Waals surface area contributed by atoms with Crippen LogP contribution in [0.5, 0.6) is 11.5 Å². The minimum atomic E-state index is -0.308. The van der Waals surface area contributed by atoms with Gasteiger partial charge >= 0.3 is 0 Å². The van der Waals surface area contributed by atoms with E-state index < -0.39 is 0 Å². The first-order chi connectivity index (χ1) is 15.4. The summed E-state index contributed by atoms with van der Waals surface area (Å²) in [6.45, 7) is 2.57. The number of benzene rings is 3. The van der Waals surface area contributed by atoms with Crippen molar-refractivity contribution in [3.63, 3.8) is 0 Å². The van der Waals surface area contributed by atoms with Gasteiger partial charge in [0.1, 0.15) is 6.61 Å². The summed E-state index contributed by atoms with van der Waals surface area (Å²) in [7, 11) is 0. The van der Waals surface area contributed by atoms with E-state index in [1.807, 2.05) is 19.1 Å². The number of halogens is 4. The molecule has 9 heteroatoms. The Labute approximate surface area is 213 Å². The van der Waals surface area contributed by atoms with Crippen molar-refractivity contribution in [2.24, 2.45) is 5.10 Å². The number of hydrogen-bond donors (Lipinski definition) is 1. The topological polar surface area (TPSA) is 59.9 Å². The standard InChI is InChI=1S/C23H18Br2Cl2N2O3/c1-2-31-21-10-14(12-28-29-23(30)15-3-6-17(24)7-4-15)9-19(25)22(21)32-13-16-5-8-18(26)11-20(16)27/h3-12H,2,13H2,1H3,(H,29,30)/b28-12-. The van der Waals surface area contributed by atoms with Gasteiger partial charge in [-0.25, -0.2) is 5.43 Å². The molecule has 1 amide bonds. The second kappa shape index (κ2) is 11.7. The van der Waals surface area contributed by atoms with Crippen LogP contribution in [0.4, 0.5) is 0 Å². The Morgan fingerprint density at radius 3 is 2.50 bits per heavy atom. The van der Waals surface area contributed by atoms with Gasteiger partial charge in [0.05, 0.1) is 17.3 Å². The summed E-state index contributed by atoms with van der Waals surface area (Å²) in [5.41, 5.74) is 4.53. The quantitative estimate of drug-likeness (QED) is 0.219. The summed E-state index contributed by atoms with van der Waals surface area (Å²) < 4.78 is 13.3. The van der Waals surface area contributed by atoms with Gasteiger partial charge in [0.25, 0.3) is 5.91 Å². The Morgan fingerprint density at radius 2 is 1.81 bits per heavy atom. The lowest BCUT2D eigenvalue weighted by Crippen LogP contribution is -2.17. The zero-order chi connectivity index (χ0) is 23.1. The van der Waals surface area contributed by atoms with Gasteiger partial charge in [0, 0.05) is 25.6 Å². The third-order valence-electron chi connectivity index (χ3n) is 4.20. The molecule has 0 bridgehead atoms. The van der Waals surface area contributed by atoms with Crippen molar-refractivity contribution in [1.82, 2.24) is 5.43 Å². The molecule has 0 radical (unpaired) electrons. The number of ether oxygens (including phenoxy) is 2. The summed E-state index contributed by atoms with van der Waals surface area (Å²) in [5.74, 6) is 0.763. The van der Waals surface area contributed by atoms with Crippen LogP contribution in [0.25, 0.3) is 0 Å². The molecule has 0 aliphatic heterocycles. The molecule has 0 saturated carbocycles. The van der Waals surface area contributed by atoms with Gasteiger partial charge < -0.3 is 9.47 Å². The summed E-state index contributed by atoms with van der Waals surface area (Å²) in [6, 6.07) is 15.8. The van der Waals surface area contributed by atoms with E-state index in [1.54, 1.807) is 42.5 Å². The third kappa shape index (κ3) is 6.72. The molecule has 3 aromatic rings. The summed E-state index contributed by atoms with van der Waals surface area (Å²) in [5, 5.41) is 5.13. The number of nitrogens with zero attached hydrogens (tertiary/aromatic N) is 1. The van der Waals surface area contributed by atoms with E-state index in [-0.39, 0.29) is 12.5 Å². The van der Waals surface area contributed by atoms with Crippen molar-refractivity contribution in [1.29, 1.82) is 0 Å². The van der Waals surface area contributed by atoms with Crippen molar-refractivity contribution >= 4 is 67.2 Å². The second-order valence-electron chi connectivity index (χ2n) is 6.49. The molecule has 0 unspecified atom stereocenters. The van der Waals surface area contributed by atoms with Crippen LogP contribution >= 0.6 is 55.1 Å². The fraction of sp³-hybridized carbons (Fsp3) is 0.130. The molecular formula is C23H18Br2Cl2N2O3. The van der Waals surface area contributed by atoms with Crippen molar-refractivity contribution in [2.75, 3.05) is 6.61 Å². The number of carbonyl (C=O) groups excluding carboxylic acids is 1. The van der Waals surface area contributed by atoms with E-state index in [0.29, 0.717) is 43.8 Å². The zero-order valence-corrected chi connectivity index (χ0v) is 21.6. The number of hydrazone groups is 1. The molecule has 0 atom stereocenters. The number of carbonyl (C=O) groups is 1. The molecule has 1 N–H and O–H groups in total. The predicted octanol–water partition coefficient (Wildman–Crippen LogP) is 7.26. The maximum atomic E-state index is 12.2. The maximum absolute atomic E-state index is 12.2. The van der Waals surface area contributed by atoms with Gasteiger partial charge in [0.2, 0.25) is 0 Å². The van der Waals surface area contributed by atoms with E-state index >= 15 is 0 Å². The van der Waals surface area contributed by atoms with Crippen LogP contribution in [0.2, 0.25) is 10.0 Å². The first kappa shape index (κ1) is 24.6. The highest BCUT2D eigenvalue weighted by molar-refractivity contribution is 9.10. The molecule has 0 aromatic heterocycles. The number of hydrogen-bond acceptors (Lipinski definition) is 4. The lowest BCUT2D eigenvalue weighted by atomic mass is 10.2. The van der Waals surface area contributed by atoms with Crippen LogP contribution in [-0.2, 0) is 6.61 Å². The molecule has 0 heterocycles. The molecular weight excluding hydrogens is 583 g/mol. The lowest BCUT2D eigenvalue weighted by molar-refractivity contribution is 0.0955. The van der Waals surface area contributed by atoms with Gasteiger partial charge in [-0.1, -0.05) is 45.2 Å². The minimum absolute atomic E-state index is 0.241. The van der Waals surface area contributed by atoms with Crippen molar-refractivity contribution in [2.45, 2.75) is 13.5 Å². The summed E-state index contributed by atoms with van der Waals surface area (Å²) in [4.78, 5) is 12.2. The first-order valence-electron chi connectivity index (χ1n) is 9.49. The fourth-order valence-corrected chi connectivity index (χ4v) is 3.99. The van der Waals surface area contributed by atoms with Crippen LogP contribution in [0.3, 0.4) is 0 Å². The third-order valence-corrected chi connectivity index (χ3v) is 5.91. The van der Waals surface area contributed by atoms with Gasteiger partial charge in [-0.05, 0) is 76.9 Å². The SMILES string of the molecule is CCOc1cc(/C=N\NC(=O)c2ccc(Br)cc2)cc(Br)c1OCc1ccc(Cl)cc1Cl. The Bertz CT molecular complexity index is 1140. The molecule has 0 fully saturated rings. The van der Waals surface area contributed by atoms with Crippen molar-refractivity contribution in [3.05, 3.63) is 90.3 Å². The fourth-order valence-electron chi connectivity index (χ4n) is 2.69. The molecule has 0 saturated heterocycles. The molecule has 3 aromatic carbocycles.